The second-order valence-corrected chi connectivity index (χ2v) is 4.58. The fourth-order valence-electron chi connectivity index (χ4n) is 1.56. The number of nitrogens with zero attached hydrogens (tertiary/aromatic N) is 3. The van der Waals surface area contributed by atoms with Crippen LogP contribution in [0.25, 0.3) is 0 Å². The van der Waals surface area contributed by atoms with Crippen LogP contribution in [-0.4, -0.2) is 106 Å². The number of hydrogen-bond donors (Lipinski definition) is 5. The number of nitrogens with one attached hydrogen (secondary N) is 1. The Hall–Kier alpha value is -2.53. The maximum Gasteiger partial charge on any atom is 0.317 e. The van der Waals surface area contributed by atoms with Gasteiger partial charge in [-0.15, -0.1) is 12.4 Å². The minimum atomic E-state index is -1.23. The molecule has 0 radical (unpaired) electrons. The Labute approximate surface area is 155 Å². The minimum absolute atomic E-state index is 0. The molecule has 0 aromatic heterocycles. The fourth-order valence-corrected chi connectivity index (χ4v) is 1.56. The predicted molar refractivity (Wildman–Crippen MR) is 91.4 cm³/mol. The first-order valence-electron chi connectivity index (χ1n) is 7.02. The molecule has 0 aliphatic carbocycles. The van der Waals surface area contributed by atoms with Crippen molar-refractivity contribution in [1.82, 2.24) is 9.80 Å². The fraction of sp³-hybridized carbons (Fsp3) is 0.615. The van der Waals surface area contributed by atoms with Gasteiger partial charge in [0.15, 0.2) is 0 Å². The van der Waals surface area contributed by atoms with Crippen LogP contribution in [0.5, 0.6) is 0 Å². The lowest BCUT2D eigenvalue weighted by molar-refractivity contribution is -0.145. The van der Waals surface area contributed by atoms with Crippen LogP contribution in [0.2, 0.25) is 0 Å². The molecule has 0 saturated heterocycles. The van der Waals surface area contributed by atoms with E-state index in [-0.39, 0.29) is 25.5 Å². The molecule has 0 heterocycles. The number of aliphatic imine (C=N–C) groups is 1. The van der Waals surface area contributed by atoms with Crippen molar-refractivity contribution in [1.29, 1.82) is 5.41 Å². The van der Waals surface area contributed by atoms with Crippen molar-refractivity contribution >= 4 is 42.3 Å². The zero-order valence-electron chi connectivity index (χ0n) is 14.1. The van der Waals surface area contributed by atoms with Crippen molar-refractivity contribution in [2.24, 2.45) is 4.99 Å². The van der Waals surface area contributed by atoms with Gasteiger partial charge in [-0.1, -0.05) is 0 Å². The van der Waals surface area contributed by atoms with E-state index in [1.54, 1.807) is 0 Å². The van der Waals surface area contributed by atoms with Crippen LogP contribution in [-0.2, 0) is 19.2 Å². The summed E-state index contributed by atoms with van der Waals surface area (Å²) >= 11 is 0. The molecule has 26 heavy (non-hydrogen) atoms. The number of hydrogen-bond acceptors (Lipinski definition) is 8. The summed E-state index contributed by atoms with van der Waals surface area (Å²) in [4.78, 5) is 47.8. The Bertz CT molecular complexity index is 442. The monoisotopic (exact) mass is 398 g/mol. The van der Waals surface area contributed by atoms with E-state index >= 15 is 0 Å². The third kappa shape index (κ3) is 21.5. The van der Waals surface area contributed by atoms with Gasteiger partial charge in [-0.05, 0) is 6.92 Å². The number of halogens is 1. The molecule has 0 amide bonds. The molecule has 0 bridgehead atoms. The van der Waals surface area contributed by atoms with Gasteiger partial charge in [0.05, 0.1) is 32.2 Å². The van der Waals surface area contributed by atoms with Crippen LogP contribution < -0.4 is 0 Å². The Morgan fingerprint density at radius 3 is 1.19 bits per heavy atom. The standard InChI is InChI=1S/C10H16N2O8.C3H6N2.ClH/c13-7(14)3-11(4-8(15)16)1-2-12(5-9(17)18)6-10(19)20;1-2-5-3-4;/h1-6H2,(H,13,14)(H,15,16)(H,17,18)(H,19,20);4H,2H2,1H3;1H. The first-order valence-corrected chi connectivity index (χ1v) is 7.02. The molecule has 150 valence electrons. The summed E-state index contributed by atoms with van der Waals surface area (Å²) < 4.78 is 0. The maximum absolute atomic E-state index is 10.6. The lowest BCUT2D eigenvalue weighted by atomic mass is 10.4. The van der Waals surface area contributed by atoms with E-state index in [0.29, 0.717) is 6.54 Å². The van der Waals surface area contributed by atoms with Crippen molar-refractivity contribution in [3.05, 3.63) is 0 Å². The SMILES string of the molecule is CCN=C=N.Cl.O=C(O)CN(CCN(CC(=O)O)CC(=O)O)CC(=O)O. The molecule has 0 aliphatic heterocycles. The highest BCUT2D eigenvalue weighted by atomic mass is 35.5. The predicted octanol–water partition coefficient (Wildman–Crippen LogP) is -0.890. The molecular weight excluding hydrogens is 376 g/mol. The summed E-state index contributed by atoms with van der Waals surface area (Å²) in [5.74, 6) is -4.91. The second-order valence-electron chi connectivity index (χ2n) is 4.58. The van der Waals surface area contributed by atoms with Gasteiger partial charge in [0, 0.05) is 19.6 Å². The van der Waals surface area contributed by atoms with E-state index in [0.717, 1.165) is 9.80 Å². The van der Waals surface area contributed by atoms with Gasteiger partial charge in [0.1, 0.15) is 0 Å². The summed E-state index contributed by atoms with van der Waals surface area (Å²) in [6.07, 6.45) is 0. The number of aliphatic carboxylic acids is 4. The number of carbonyl (C=O) groups is 4. The summed E-state index contributed by atoms with van der Waals surface area (Å²) in [5.41, 5.74) is 0. The first-order chi connectivity index (χ1) is 11.6. The quantitative estimate of drug-likeness (QED) is 0.257. The Morgan fingerprint density at radius 2 is 1.08 bits per heavy atom. The van der Waals surface area contributed by atoms with Gasteiger partial charge in [0.25, 0.3) is 0 Å². The summed E-state index contributed by atoms with van der Waals surface area (Å²) in [6.45, 7) is 0.282. The highest BCUT2D eigenvalue weighted by molar-refractivity contribution is 5.85. The van der Waals surface area contributed by atoms with Gasteiger partial charge in [-0.2, -0.15) is 0 Å². The van der Waals surface area contributed by atoms with Gasteiger partial charge in [0.2, 0.25) is 0 Å². The maximum atomic E-state index is 10.6. The average molecular weight is 399 g/mol. The Kier molecular flexibility index (Phi) is 18.8. The van der Waals surface area contributed by atoms with Gasteiger partial charge >= 0.3 is 23.9 Å². The molecule has 0 unspecified atom stereocenters. The third-order valence-corrected chi connectivity index (χ3v) is 2.41. The molecule has 0 saturated carbocycles. The number of carboxylic acids is 4. The van der Waals surface area contributed by atoms with E-state index < -0.39 is 50.1 Å². The van der Waals surface area contributed by atoms with Crippen LogP contribution in [0.1, 0.15) is 6.92 Å². The minimum Gasteiger partial charge on any atom is -0.480 e. The van der Waals surface area contributed by atoms with Crippen LogP contribution in [0.15, 0.2) is 4.99 Å². The third-order valence-electron chi connectivity index (χ3n) is 2.41. The lowest BCUT2D eigenvalue weighted by Gasteiger charge is -2.23. The molecule has 5 N–H and O–H groups in total. The van der Waals surface area contributed by atoms with Crippen molar-refractivity contribution in [2.75, 3.05) is 45.8 Å². The molecule has 13 heteroatoms. The molecule has 0 rings (SSSR count). The summed E-state index contributed by atoms with van der Waals surface area (Å²) in [6, 6.07) is 1.89. The number of carboxylic acid groups (broad SMARTS) is 4. The largest absolute Gasteiger partial charge is 0.480 e. The van der Waals surface area contributed by atoms with E-state index in [9.17, 15) is 19.2 Å². The van der Waals surface area contributed by atoms with E-state index in [4.69, 9.17) is 25.8 Å². The molecule has 0 spiro atoms. The van der Waals surface area contributed by atoms with Gasteiger partial charge < -0.3 is 20.4 Å². The normalized spacial score (nSPS) is 9.35. The van der Waals surface area contributed by atoms with Crippen molar-refractivity contribution in [3.8, 4) is 0 Å². The molecule has 0 atom stereocenters. The van der Waals surface area contributed by atoms with Crippen LogP contribution in [0, 0.1) is 5.41 Å². The van der Waals surface area contributed by atoms with Crippen molar-refractivity contribution < 1.29 is 39.6 Å². The topological polar surface area (TPSA) is 192 Å². The van der Waals surface area contributed by atoms with Crippen molar-refractivity contribution in [3.63, 3.8) is 0 Å². The zero-order chi connectivity index (χ0) is 19.8. The first kappa shape index (κ1) is 28.3. The lowest BCUT2D eigenvalue weighted by Crippen LogP contribution is -2.43. The molecule has 12 nitrogen and oxygen atoms in total. The second kappa shape index (κ2) is 17.3. The van der Waals surface area contributed by atoms with Crippen LogP contribution >= 0.6 is 12.4 Å². The van der Waals surface area contributed by atoms with Crippen LogP contribution in [0.4, 0.5) is 0 Å². The zero-order valence-corrected chi connectivity index (χ0v) is 14.9. The summed E-state index contributed by atoms with van der Waals surface area (Å²) in [5, 5.41) is 40.7. The molecule has 0 aromatic rings. The van der Waals surface area contributed by atoms with Gasteiger partial charge in [-0.3, -0.25) is 29.0 Å². The Morgan fingerprint density at radius 1 is 0.808 bits per heavy atom. The number of rotatable bonds is 12. The molecule has 0 aromatic carbocycles. The van der Waals surface area contributed by atoms with E-state index in [1.165, 1.54) is 0 Å². The highest BCUT2D eigenvalue weighted by Crippen LogP contribution is 1.94. The van der Waals surface area contributed by atoms with Crippen LogP contribution in [0.3, 0.4) is 0 Å². The van der Waals surface area contributed by atoms with E-state index in [2.05, 4.69) is 4.99 Å². The highest BCUT2D eigenvalue weighted by Gasteiger charge is 2.17. The average Bonchev–Trinajstić information content (AvgIpc) is 2.43. The Balaban J connectivity index is -0.000000772. The molecular formula is C13H23ClN4O8. The summed E-state index contributed by atoms with van der Waals surface area (Å²) in [7, 11) is 0. The van der Waals surface area contributed by atoms with Gasteiger partial charge in [-0.25, -0.2) is 10.4 Å². The van der Waals surface area contributed by atoms with Crippen molar-refractivity contribution in [2.45, 2.75) is 6.92 Å². The smallest absolute Gasteiger partial charge is 0.317 e. The molecule has 0 fully saturated rings. The van der Waals surface area contributed by atoms with E-state index in [1.807, 2.05) is 12.9 Å². The molecule has 0 aliphatic rings.